The first kappa shape index (κ1) is 28.3. The topological polar surface area (TPSA) is 105 Å². The number of ether oxygens (including phenoxy) is 2. The number of anilines is 2. The lowest BCUT2D eigenvalue weighted by Gasteiger charge is -2.27. The summed E-state index contributed by atoms with van der Waals surface area (Å²) in [5.74, 6) is 0.733. The van der Waals surface area contributed by atoms with E-state index in [1.807, 2.05) is 24.3 Å². The quantitative estimate of drug-likeness (QED) is 0.103. The molecule has 0 bridgehead atoms. The number of esters is 2. The van der Waals surface area contributed by atoms with Gasteiger partial charge in [0.25, 0.3) is 0 Å². The van der Waals surface area contributed by atoms with Gasteiger partial charge in [0.15, 0.2) is 0 Å². The molecule has 0 saturated heterocycles. The van der Waals surface area contributed by atoms with Crippen molar-refractivity contribution in [2.75, 3.05) is 18.1 Å². The zero-order valence-electron chi connectivity index (χ0n) is 22.1. The molecule has 0 amide bonds. The summed E-state index contributed by atoms with van der Waals surface area (Å²) in [6.45, 7) is 2.48. The normalized spacial score (nSPS) is 17.5. The number of rotatable bonds is 13. The number of nitrogen functional groups attached to an aromatic ring is 2. The molecule has 1 aliphatic carbocycles. The summed E-state index contributed by atoms with van der Waals surface area (Å²) in [6, 6.07) is 12.5. The minimum atomic E-state index is -0.427. The molecule has 1 fully saturated rings. The average Bonchev–Trinajstić information content (AvgIpc) is 2.88. The first-order valence-electron chi connectivity index (χ1n) is 13.7. The van der Waals surface area contributed by atoms with Crippen molar-refractivity contribution in [3.8, 4) is 5.75 Å². The SMILES string of the molecule is CCCCCCCC1CCC(C(=O)Oc2ccc(/C=C/C(=O)OCCc3cc(N)cc(N)c3)cc2)CC1. The summed E-state index contributed by atoms with van der Waals surface area (Å²) in [5.41, 5.74) is 14.5. The van der Waals surface area contributed by atoms with Crippen molar-refractivity contribution in [2.45, 2.75) is 77.6 Å². The molecule has 37 heavy (non-hydrogen) atoms. The summed E-state index contributed by atoms with van der Waals surface area (Å²) in [4.78, 5) is 24.7. The molecule has 0 radical (unpaired) electrons. The van der Waals surface area contributed by atoms with Crippen LogP contribution < -0.4 is 16.2 Å². The lowest BCUT2D eigenvalue weighted by atomic mass is 9.80. The van der Waals surface area contributed by atoms with Crippen LogP contribution in [0.4, 0.5) is 11.4 Å². The molecule has 0 atom stereocenters. The third-order valence-corrected chi connectivity index (χ3v) is 7.08. The highest BCUT2D eigenvalue weighted by atomic mass is 16.5. The second kappa shape index (κ2) is 15.1. The summed E-state index contributed by atoms with van der Waals surface area (Å²) in [5, 5.41) is 0. The monoisotopic (exact) mass is 506 g/mol. The minimum absolute atomic E-state index is 0.00514. The van der Waals surface area contributed by atoms with E-state index < -0.39 is 5.97 Å². The number of carbonyl (C=O) groups excluding carboxylic acids is 2. The third-order valence-electron chi connectivity index (χ3n) is 7.08. The number of nitrogens with two attached hydrogens (primary N) is 2. The van der Waals surface area contributed by atoms with Crippen LogP contribution in [0.2, 0.25) is 0 Å². The molecule has 1 saturated carbocycles. The van der Waals surface area contributed by atoms with Gasteiger partial charge in [-0.25, -0.2) is 4.79 Å². The Labute approximate surface area is 221 Å². The average molecular weight is 507 g/mol. The van der Waals surface area contributed by atoms with Crippen molar-refractivity contribution in [3.05, 3.63) is 59.7 Å². The van der Waals surface area contributed by atoms with Gasteiger partial charge in [0.2, 0.25) is 0 Å². The highest BCUT2D eigenvalue weighted by Gasteiger charge is 2.27. The zero-order chi connectivity index (χ0) is 26.5. The van der Waals surface area contributed by atoms with Crippen LogP contribution in [0, 0.1) is 11.8 Å². The lowest BCUT2D eigenvalue weighted by Crippen LogP contribution is -2.25. The molecule has 0 aliphatic heterocycles. The summed E-state index contributed by atoms with van der Waals surface area (Å²) < 4.78 is 10.9. The molecule has 0 aromatic heterocycles. The maximum Gasteiger partial charge on any atom is 0.330 e. The molecule has 6 nitrogen and oxygen atoms in total. The molecular formula is C31H42N2O4. The van der Waals surface area contributed by atoms with Gasteiger partial charge in [-0.05, 0) is 79.1 Å². The van der Waals surface area contributed by atoms with Gasteiger partial charge in [0.1, 0.15) is 5.75 Å². The van der Waals surface area contributed by atoms with E-state index in [1.165, 1.54) is 44.6 Å². The number of hydrogen-bond acceptors (Lipinski definition) is 6. The van der Waals surface area contributed by atoms with Crippen molar-refractivity contribution in [3.63, 3.8) is 0 Å². The Bertz CT molecular complexity index is 1000. The summed E-state index contributed by atoms with van der Waals surface area (Å²) >= 11 is 0. The smallest absolute Gasteiger partial charge is 0.330 e. The predicted octanol–water partition coefficient (Wildman–Crippen LogP) is 6.72. The molecule has 200 valence electrons. The molecule has 0 unspecified atom stereocenters. The van der Waals surface area contributed by atoms with Crippen LogP contribution >= 0.6 is 0 Å². The van der Waals surface area contributed by atoms with Gasteiger partial charge in [0, 0.05) is 23.9 Å². The van der Waals surface area contributed by atoms with E-state index in [9.17, 15) is 9.59 Å². The van der Waals surface area contributed by atoms with Gasteiger partial charge >= 0.3 is 11.9 Å². The standard InChI is InChI=1S/C31H42N2O4/c1-2-3-4-5-6-7-23-8-13-26(14-9-23)31(35)37-29-15-10-24(11-16-29)12-17-30(34)36-19-18-25-20-27(32)22-28(33)21-25/h10-12,15-17,20-23,26H,2-9,13-14,18-19,32-33H2,1H3/b17-12+. The third kappa shape index (κ3) is 10.3. The molecule has 6 heteroatoms. The maximum absolute atomic E-state index is 12.6. The summed E-state index contributed by atoms with van der Waals surface area (Å²) in [7, 11) is 0. The van der Waals surface area contributed by atoms with Crippen molar-refractivity contribution in [2.24, 2.45) is 11.8 Å². The molecule has 0 heterocycles. The van der Waals surface area contributed by atoms with Crippen LogP contribution in [0.3, 0.4) is 0 Å². The Kier molecular flexibility index (Phi) is 11.5. The first-order chi connectivity index (χ1) is 17.9. The van der Waals surface area contributed by atoms with E-state index in [4.69, 9.17) is 20.9 Å². The van der Waals surface area contributed by atoms with Gasteiger partial charge < -0.3 is 20.9 Å². The second-order valence-corrected chi connectivity index (χ2v) is 10.2. The molecule has 2 aromatic carbocycles. The first-order valence-corrected chi connectivity index (χ1v) is 13.7. The fraction of sp³-hybridized carbons (Fsp3) is 0.484. The van der Waals surface area contributed by atoms with E-state index in [0.29, 0.717) is 23.5 Å². The van der Waals surface area contributed by atoms with Crippen molar-refractivity contribution in [1.82, 2.24) is 0 Å². The van der Waals surface area contributed by atoms with Crippen LogP contribution in [-0.4, -0.2) is 18.5 Å². The van der Waals surface area contributed by atoms with Crippen molar-refractivity contribution < 1.29 is 19.1 Å². The van der Waals surface area contributed by atoms with Gasteiger partial charge in [-0.2, -0.15) is 0 Å². The number of hydrogen-bond donors (Lipinski definition) is 2. The Morgan fingerprint density at radius 2 is 1.59 bits per heavy atom. The molecule has 3 rings (SSSR count). The fourth-order valence-electron chi connectivity index (χ4n) is 4.94. The number of benzene rings is 2. The molecule has 4 N–H and O–H groups in total. The van der Waals surface area contributed by atoms with E-state index in [1.54, 1.807) is 24.3 Å². The Hall–Kier alpha value is -3.28. The van der Waals surface area contributed by atoms with Crippen molar-refractivity contribution >= 4 is 29.4 Å². The summed E-state index contributed by atoms with van der Waals surface area (Å²) in [6.07, 6.45) is 15.6. The maximum atomic E-state index is 12.6. The fourth-order valence-corrected chi connectivity index (χ4v) is 4.94. The van der Waals surface area contributed by atoms with Crippen LogP contribution in [-0.2, 0) is 20.7 Å². The number of carbonyl (C=O) groups is 2. The molecule has 2 aromatic rings. The molecule has 1 aliphatic rings. The van der Waals surface area contributed by atoms with Crippen molar-refractivity contribution in [1.29, 1.82) is 0 Å². The van der Waals surface area contributed by atoms with Crippen LogP contribution in [0.5, 0.6) is 5.75 Å². The van der Waals surface area contributed by atoms with Gasteiger partial charge in [-0.3, -0.25) is 4.79 Å². The van der Waals surface area contributed by atoms with E-state index in [-0.39, 0.29) is 18.5 Å². The zero-order valence-corrected chi connectivity index (χ0v) is 22.1. The van der Waals surface area contributed by atoms with E-state index >= 15 is 0 Å². The molecule has 0 spiro atoms. The van der Waals surface area contributed by atoms with Gasteiger partial charge in [-0.1, -0.05) is 57.6 Å². The Morgan fingerprint density at radius 1 is 0.919 bits per heavy atom. The highest BCUT2D eigenvalue weighted by Crippen LogP contribution is 2.33. The Morgan fingerprint density at radius 3 is 2.27 bits per heavy atom. The second-order valence-electron chi connectivity index (χ2n) is 10.2. The van der Waals surface area contributed by atoms with E-state index in [0.717, 1.165) is 42.7 Å². The molecular weight excluding hydrogens is 464 g/mol. The highest BCUT2D eigenvalue weighted by molar-refractivity contribution is 5.87. The Balaban J connectivity index is 1.35. The van der Waals surface area contributed by atoms with Crippen LogP contribution in [0.15, 0.2) is 48.5 Å². The minimum Gasteiger partial charge on any atom is -0.462 e. The van der Waals surface area contributed by atoms with E-state index in [2.05, 4.69) is 6.92 Å². The van der Waals surface area contributed by atoms with Crippen LogP contribution in [0.25, 0.3) is 6.08 Å². The van der Waals surface area contributed by atoms with Gasteiger partial charge in [0.05, 0.1) is 12.5 Å². The van der Waals surface area contributed by atoms with Gasteiger partial charge in [-0.15, -0.1) is 0 Å². The predicted molar refractivity (Wildman–Crippen MR) is 150 cm³/mol. The lowest BCUT2D eigenvalue weighted by molar-refractivity contribution is -0.140. The van der Waals surface area contributed by atoms with Crippen LogP contribution in [0.1, 0.15) is 82.3 Å². The largest absolute Gasteiger partial charge is 0.462 e. The number of unbranched alkanes of at least 4 members (excludes halogenated alkanes) is 4.